The number of aromatic amines is 1. The number of hydrogen-bond acceptors (Lipinski definition) is 5. The molecule has 0 aliphatic carbocycles. The van der Waals surface area contributed by atoms with E-state index in [4.69, 9.17) is 4.52 Å². The summed E-state index contributed by atoms with van der Waals surface area (Å²) in [6.45, 7) is 3.05. The Morgan fingerprint density at radius 3 is 2.76 bits per heavy atom. The first-order valence-electron chi connectivity index (χ1n) is 11.5. The maximum Gasteiger partial charge on any atom is 0.169 e. The van der Waals surface area contributed by atoms with Crippen LogP contribution in [-0.2, 0) is 19.5 Å². The number of fused-ring (bicyclic) bond motifs is 1. The molecule has 0 saturated heterocycles. The maximum absolute atomic E-state index is 14.2. The predicted octanol–water partition coefficient (Wildman–Crippen LogP) is 6.09. The standard InChI is InChI=1S/C26H25F2N5O/c1-2-3-4-6-17-9-11-18(12-10-17)22-13-19(34-32-22)15-33-16-24-23(14-29-33)30-26(31-24)20-7-5-8-21(27)25(20)28/h5,7-14H,2-4,6,15-16H2,1H3,(H,30,31). The van der Waals surface area contributed by atoms with Gasteiger partial charge in [0.15, 0.2) is 17.4 Å². The molecule has 4 aromatic rings. The molecule has 0 spiro atoms. The van der Waals surface area contributed by atoms with E-state index < -0.39 is 11.6 Å². The van der Waals surface area contributed by atoms with Crippen molar-refractivity contribution in [1.29, 1.82) is 0 Å². The highest BCUT2D eigenvalue weighted by Crippen LogP contribution is 2.26. The van der Waals surface area contributed by atoms with Crippen LogP contribution in [-0.4, -0.2) is 26.3 Å². The van der Waals surface area contributed by atoms with Gasteiger partial charge in [-0.05, 0) is 30.5 Å². The second-order valence-electron chi connectivity index (χ2n) is 8.45. The fourth-order valence-corrected chi connectivity index (χ4v) is 4.05. The number of H-pyrrole nitrogens is 1. The molecule has 8 heteroatoms. The van der Waals surface area contributed by atoms with E-state index in [2.05, 4.69) is 51.4 Å². The van der Waals surface area contributed by atoms with Crippen LogP contribution in [0.3, 0.4) is 0 Å². The first-order valence-corrected chi connectivity index (χ1v) is 11.5. The lowest BCUT2D eigenvalue weighted by atomic mass is 10.0. The van der Waals surface area contributed by atoms with Gasteiger partial charge in [0.1, 0.15) is 17.2 Å². The molecule has 1 aliphatic heterocycles. The maximum atomic E-state index is 14.2. The van der Waals surface area contributed by atoms with Crippen LogP contribution in [0.25, 0.3) is 22.6 Å². The average Bonchev–Trinajstić information content (AvgIpc) is 3.48. The number of hydrazone groups is 1. The highest BCUT2D eigenvalue weighted by Gasteiger charge is 2.21. The van der Waals surface area contributed by atoms with Crippen molar-refractivity contribution in [1.82, 2.24) is 20.1 Å². The molecular formula is C26H25F2N5O. The molecule has 3 heterocycles. The molecular weight excluding hydrogens is 436 g/mol. The van der Waals surface area contributed by atoms with E-state index in [1.165, 1.54) is 37.0 Å². The summed E-state index contributed by atoms with van der Waals surface area (Å²) < 4.78 is 33.3. The van der Waals surface area contributed by atoms with Crippen LogP contribution >= 0.6 is 0 Å². The molecule has 1 N–H and O–H groups in total. The lowest BCUT2D eigenvalue weighted by molar-refractivity contribution is 0.229. The molecule has 0 radical (unpaired) electrons. The summed E-state index contributed by atoms with van der Waals surface area (Å²) >= 11 is 0. The van der Waals surface area contributed by atoms with Crippen molar-refractivity contribution in [3.8, 4) is 22.6 Å². The molecule has 0 fully saturated rings. The van der Waals surface area contributed by atoms with Crippen LogP contribution < -0.4 is 0 Å². The number of imidazole rings is 1. The summed E-state index contributed by atoms with van der Waals surface area (Å²) in [5.41, 5.74) is 4.58. The minimum Gasteiger partial charge on any atom is -0.359 e. The van der Waals surface area contributed by atoms with Crippen molar-refractivity contribution < 1.29 is 13.3 Å². The zero-order valence-electron chi connectivity index (χ0n) is 18.9. The lowest BCUT2D eigenvalue weighted by Gasteiger charge is -2.19. The minimum atomic E-state index is -0.925. The molecule has 2 aromatic heterocycles. The summed E-state index contributed by atoms with van der Waals surface area (Å²) in [6, 6.07) is 14.4. The van der Waals surface area contributed by atoms with Crippen LogP contribution in [0, 0.1) is 11.6 Å². The normalized spacial score (nSPS) is 12.9. The molecule has 174 valence electrons. The van der Waals surface area contributed by atoms with Crippen molar-refractivity contribution in [2.45, 2.75) is 45.7 Å². The third kappa shape index (κ3) is 4.62. The SMILES string of the molecule is CCCCCc1ccc(-c2cc(CN3Cc4[nH]c(-c5cccc(F)c5F)nc4C=N3)on2)cc1. The quantitative estimate of drug-likeness (QED) is 0.322. The van der Waals surface area contributed by atoms with E-state index in [1.807, 2.05) is 6.07 Å². The van der Waals surface area contributed by atoms with E-state index in [9.17, 15) is 8.78 Å². The van der Waals surface area contributed by atoms with Crippen molar-refractivity contribution in [2.24, 2.45) is 5.10 Å². The molecule has 2 aromatic carbocycles. The Hall–Kier alpha value is -3.81. The molecule has 1 aliphatic rings. The number of benzene rings is 2. The number of nitrogens with zero attached hydrogens (tertiary/aromatic N) is 4. The molecule has 0 atom stereocenters. The number of rotatable bonds is 8. The Kier molecular flexibility index (Phi) is 6.20. The Labute approximate surface area is 196 Å². The van der Waals surface area contributed by atoms with Crippen molar-refractivity contribution in [2.75, 3.05) is 0 Å². The summed E-state index contributed by atoms with van der Waals surface area (Å²) in [6.07, 6.45) is 6.36. The fraction of sp³-hybridized carbons (Fsp3) is 0.269. The fourth-order valence-electron chi connectivity index (χ4n) is 4.05. The highest BCUT2D eigenvalue weighted by atomic mass is 19.2. The Morgan fingerprint density at radius 1 is 1.09 bits per heavy atom. The van der Waals surface area contributed by atoms with E-state index >= 15 is 0 Å². The van der Waals surface area contributed by atoms with Gasteiger partial charge in [0, 0.05) is 11.6 Å². The average molecular weight is 462 g/mol. The topological polar surface area (TPSA) is 70.3 Å². The van der Waals surface area contributed by atoms with Crippen LogP contribution in [0.5, 0.6) is 0 Å². The summed E-state index contributed by atoms with van der Waals surface area (Å²) in [5, 5.41) is 10.4. The number of nitrogens with one attached hydrogen (secondary N) is 1. The van der Waals surface area contributed by atoms with Gasteiger partial charge >= 0.3 is 0 Å². The van der Waals surface area contributed by atoms with E-state index in [-0.39, 0.29) is 11.4 Å². The smallest absolute Gasteiger partial charge is 0.169 e. The van der Waals surface area contributed by atoms with Gasteiger partial charge in [-0.2, -0.15) is 5.10 Å². The summed E-state index contributed by atoms with van der Waals surface area (Å²) in [5.74, 6) is -0.881. The molecule has 0 bridgehead atoms. The van der Waals surface area contributed by atoms with Crippen molar-refractivity contribution >= 4 is 6.21 Å². The van der Waals surface area contributed by atoms with E-state index in [0.717, 1.165) is 29.4 Å². The Balaban J connectivity index is 1.24. The first kappa shape index (κ1) is 22.0. The molecule has 5 rings (SSSR count). The van der Waals surface area contributed by atoms with Gasteiger partial charge in [0.25, 0.3) is 0 Å². The predicted molar refractivity (Wildman–Crippen MR) is 126 cm³/mol. The number of halogens is 2. The molecule has 0 saturated carbocycles. The Morgan fingerprint density at radius 2 is 1.94 bits per heavy atom. The number of unbranched alkanes of at least 4 members (excludes halogenated alkanes) is 2. The highest BCUT2D eigenvalue weighted by molar-refractivity contribution is 5.80. The van der Waals surface area contributed by atoms with E-state index in [0.29, 0.717) is 24.5 Å². The summed E-state index contributed by atoms with van der Waals surface area (Å²) in [4.78, 5) is 7.46. The van der Waals surface area contributed by atoms with Gasteiger partial charge in [-0.25, -0.2) is 13.8 Å². The van der Waals surface area contributed by atoms with Crippen molar-refractivity contribution in [3.63, 3.8) is 0 Å². The van der Waals surface area contributed by atoms with Gasteiger partial charge in [-0.15, -0.1) is 0 Å². The van der Waals surface area contributed by atoms with Crippen molar-refractivity contribution in [3.05, 3.63) is 82.9 Å². The molecule has 6 nitrogen and oxygen atoms in total. The zero-order valence-corrected chi connectivity index (χ0v) is 18.9. The monoisotopic (exact) mass is 461 g/mol. The van der Waals surface area contributed by atoms with Gasteiger partial charge in [0.2, 0.25) is 0 Å². The summed E-state index contributed by atoms with van der Waals surface area (Å²) in [7, 11) is 0. The number of aryl methyl sites for hydroxylation is 1. The zero-order chi connectivity index (χ0) is 23.5. The number of hydrogen-bond donors (Lipinski definition) is 1. The van der Waals surface area contributed by atoms with E-state index in [1.54, 1.807) is 11.2 Å². The molecule has 0 amide bonds. The number of aromatic nitrogens is 3. The van der Waals surface area contributed by atoms with Crippen LogP contribution in [0.15, 0.2) is 58.2 Å². The van der Waals surface area contributed by atoms with Gasteiger partial charge in [-0.1, -0.05) is 55.3 Å². The van der Waals surface area contributed by atoms with Crippen LogP contribution in [0.1, 0.15) is 48.9 Å². The van der Waals surface area contributed by atoms with Gasteiger partial charge < -0.3 is 9.51 Å². The third-order valence-corrected chi connectivity index (χ3v) is 5.92. The first-order chi connectivity index (χ1) is 16.6. The molecule has 34 heavy (non-hydrogen) atoms. The third-order valence-electron chi connectivity index (χ3n) is 5.92. The Bertz CT molecular complexity index is 1310. The van der Waals surface area contributed by atoms with Crippen LogP contribution in [0.2, 0.25) is 0 Å². The van der Waals surface area contributed by atoms with Gasteiger partial charge in [0.05, 0.1) is 30.6 Å². The molecule has 0 unspecified atom stereocenters. The second-order valence-corrected chi connectivity index (χ2v) is 8.45. The lowest BCUT2D eigenvalue weighted by Crippen LogP contribution is -2.21. The largest absolute Gasteiger partial charge is 0.359 e. The van der Waals surface area contributed by atoms with Gasteiger partial charge in [-0.3, -0.25) is 5.01 Å². The van der Waals surface area contributed by atoms with Crippen LogP contribution in [0.4, 0.5) is 8.78 Å². The minimum absolute atomic E-state index is 0.0885. The second kappa shape index (κ2) is 9.59.